The maximum absolute atomic E-state index is 13.0. The summed E-state index contributed by atoms with van der Waals surface area (Å²) < 4.78 is 21.6. The average Bonchev–Trinajstić information content (AvgIpc) is 3.05. The van der Waals surface area contributed by atoms with E-state index in [1.54, 1.807) is 18.4 Å². The number of allylic oxidation sites excluding steroid dienone is 3. The number of pyridine rings is 1. The van der Waals surface area contributed by atoms with E-state index in [1.165, 1.54) is 0 Å². The summed E-state index contributed by atoms with van der Waals surface area (Å²) in [5.41, 5.74) is 4.80. The molecular weight excluding hydrogens is 436 g/mol. The molecule has 7 heteroatoms. The molecule has 156 valence electrons. The lowest BCUT2D eigenvalue weighted by Gasteiger charge is -2.14. The number of hydrogen-bond acceptors (Lipinski definition) is 4. The number of halogens is 1. The second-order valence-electron chi connectivity index (χ2n) is 7.21. The van der Waals surface area contributed by atoms with Gasteiger partial charge in [0.1, 0.15) is 21.6 Å². The van der Waals surface area contributed by atoms with Crippen LogP contribution in [0.3, 0.4) is 0 Å². The molecule has 1 unspecified atom stereocenters. The quantitative estimate of drug-likeness (QED) is 0.458. The predicted octanol–water partition coefficient (Wildman–Crippen LogP) is 6.51. The Labute approximate surface area is 188 Å². The number of methoxy groups -OCH3 is 1. The van der Waals surface area contributed by atoms with Crippen molar-refractivity contribution in [3.63, 3.8) is 0 Å². The van der Waals surface area contributed by atoms with Crippen LogP contribution in [0.15, 0.2) is 53.1 Å². The van der Waals surface area contributed by atoms with Crippen molar-refractivity contribution in [1.29, 1.82) is 0 Å². The van der Waals surface area contributed by atoms with Gasteiger partial charge in [-0.05, 0) is 56.0 Å². The van der Waals surface area contributed by atoms with Crippen molar-refractivity contribution >= 4 is 49.8 Å². The van der Waals surface area contributed by atoms with Crippen LogP contribution in [0.25, 0.3) is 21.3 Å². The van der Waals surface area contributed by atoms with E-state index >= 15 is 0 Å². The summed E-state index contributed by atoms with van der Waals surface area (Å²) in [6.07, 6.45) is 5.94. The zero-order chi connectivity index (χ0) is 21.3. The van der Waals surface area contributed by atoms with E-state index in [0.717, 1.165) is 61.8 Å². The van der Waals surface area contributed by atoms with Crippen molar-refractivity contribution in [2.75, 3.05) is 17.6 Å². The fourth-order valence-corrected chi connectivity index (χ4v) is 6.15. The summed E-state index contributed by atoms with van der Waals surface area (Å²) in [5.74, 6) is 1.17. The largest absolute Gasteiger partial charge is 0.497 e. The molecule has 0 saturated heterocycles. The molecule has 0 radical (unpaired) electrons. The standard InChI is InChI=1S/C23H23ClN2O2S2/c1-14-11-20(26-30(27)13-17-7-4-5-10-19(17)24)22-21(15(2)29-23(22)25-14)16-8-6-9-18(12-16)28-3/h6-12H,4-5,13H2,1-3H3,(H,25,26). The number of rotatable bonds is 6. The van der Waals surface area contributed by atoms with Gasteiger partial charge in [-0.15, -0.1) is 11.3 Å². The predicted molar refractivity (Wildman–Crippen MR) is 129 cm³/mol. The molecule has 3 aromatic rings. The molecule has 2 heterocycles. The van der Waals surface area contributed by atoms with Gasteiger partial charge in [-0.1, -0.05) is 35.9 Å². The highest BCUT2D eigenvalue weighted by atomic mass is 35.5. The number of hydrogen-bond donors (Lipinski definition) is 1. The van der Waals surface area contributed by atoms with Gasteiger partial charge >= 0.3 is 0 Å². The third-order valence-corrected chi connectivity index (χ3v) is 7.44. The van der Waals surface area contributed by atoms with E-state index in [-0.39, 0.29) is 0 Å². The molecule has 1 aromatic carbocycles. The van der Waals surface area contributed by atoms with Gasteiger partial charge < -0.3 is 9.46 Å². The highest BCUT2D eigenvalue weighted by Gasteiger charge is 2.19. The van der Waals surface area contributed by atoms with Crippen LogP contribution in [0.2, 0.25) is 0 Å². The Bertz CT molecular complexity index is 1200. The Morgan fingerprint density at radius 3 is 2.80 bits per heavy atom. The number of ether oxygens (including phenoxy) is 1. The highest BCUT2D eigenvalue weighted by molar-refractivity contribution is 7.86. The van der Waals surface area contributed by atoms with Crippen molar-refractivity contribution in [3.05, 3.63) is 63.7 Å². The van der Waals surface area contributed by atoms with Gasteiger partial charge in [0.25, 0.3) is 0 Å². The third kappa shape index (κ3) is 4.31. The van der Waals surface area contributed by atoms with E-state index in [0.29, 0.717) is 10.8 Å². The Hall–Kier alpha value is -2.15. The molecular formula is C23H23ClN2O2S2. The topological polar surface area (TPSA) is 51.2 Å². The van der Waals surface area contributed by atoms with Crippen LogP contribution >= 0.6 is 22.9 Å². The number of nitrogens with zero attached hydrogens (tertiary/aromatic N) is 1. The van der Waals surface area contributed by atoms with Gasteiger partial charge in [0, 0.05) is 26.6 Å². The number of aryl methyl sites for hydroxylation is 2. The Morgan fingerprint density at radius 1 is 1.23 bits per heavy atom. The number of aromatic nitrogens is 1. The van der Waals surface area contributed by atoms with Crippen LogP contribution in [0.4, 0.5) is 5.69 Å². The number of thiophene rings is 1. The number of nitrogens with one attached hydrogen (secondary N) is 1. The molecule has 1 N–H and O–H groups in total. The Morgan fingerprint density at radius 2 is 2.03 bits per heavy atom. The molecule has 0 bridgehead atoms. The first-order valence-corrected chi connectivity index (χ1v) is 12.2. The van der Waals surface area contributed by atoms with Crippen LogP contribution in [0.5, 0.6) is 5.75 Å². The van der Waals surface area contributed by atoms with Gasteiger partial charge in [0.2, 0.25) is 0 Å². The summed E-state index contributed by atoms with van der Waals surface area (Å²) in [4.78, 5) is 6.82. The minimum absolute atomic E-state index is 0.371. The van der Waals surface area contributed by atoms with Crippen molar-refractivity contribution < 1.29 is 8.95 Å². The monoisotopic (exact) mass is 458 g/mol. The summed E-state index contributed by atoms with van der Waals surface area (Å²) in [6, 6.07) is 9.96. The third-order valence-electron chi connectivity index (χ3n) is 5.02. The van der Waals surface area contributed by atoms with E-state index in [1.807, 2.05) is 37.3 Å². The van der Waals surface area contributed by atoms with Gasteiger partial charge in [-0.3, -0.25) is 0 Å². The number of fused-ring (bicyclic) bond motifs is 1. The van der Waals surface area contributed by atoms with Crippen LogP contribution in [0.1, 0.15) is 23.4 Å². The second-order valence-corrected chi connectivity index (χ2v) is 10.0. The maximum atomic E-state index is 13.0. The van der Waals surface area contributed by atoms with Crippen LogP contribution in [-0.2, 0) is 11.0 Å². The molecule has 4 nitrogen and oxygen atoms in total. The van der Waals surface area contributed by atoms with Crippen molar-refractivity contribution in [2.24, 2.45) is 0 Å². The first kappa shape index (κ1) is 21.1. The Balaban J connectivity index is 1.75. The summed E-state index contributed by atoms with van der Waals surface area (Å²) in [5, 5.41) is 1.69. The number of benzene rings is 1. The SMILES string of the molecule is COc1cccc(-c2c(C)sc3nc(C)cc(NS(=O)CC4=CCCC=C4Cl)c23)c1. The molecule has 4 rings (SSSR count). The van der Waals surface area contributed by atoms with Crippen LogP contribution < -0.4 is 9.46 Å². The zero-order valence-corrected chi connectivity index (χ0v) is 19.5. The smallest absolute Gasteiger partial charge is 0.126 e. The summed E-state index contributed by atoms with van der Waals surface area (Å²) in [6.45, 7) is 4.05. The van der Waals surface area contributed by atoms with Crippen molar-refractivity contribution in [1.82, 2.24) is 4.98 Å². The minimum atomic E-state index is -1.31. The molecule has 0 saturated carbocycles. The molecule has 0 fully saturated rings. The van der Waals surface area contributed by atoms with Gasteiger partial charge in [0.15, 0.2) is 0 Å². The second kappa shape index (κ2) is 8.92. The van der Waals surface area contributed by atoms with E-state index in [9.17, 15) is 4.21 Å². The molecule has 1 aliphatic rings. The highest BCUT2D eigenvalue weighted by Crippen LogP contribution is 2.42. The Kier molecular flexibility index (Phi) is 6.27. The van der Waals surface area contributed by atoms with Gasteiger partial charge in [-0.25, -0.2) is 9.19 Å². The summed E-state index contributed by atoms with van der Waals surface area (Å²) in [7, 11) is 0.359. The normalized spacial score (nSPS) is 14.9. The lowest BCUT2D eigenvalue weighted by molar-refractivity contribution is 0.415. The maximum Gasteiger partial charge on any atom is 0.126 e. The minimum Gasteiger partial charge on any atom is -0.497 e. The van der Waals surface area contributed by atoms with E-state index in [2.05, 4.69) is 23.8 Å². The van der Waals surface area contributed by atoms with Crippen LogP contribution in [0, 0.1) is 13.8 Å². The van der Waals surface area contributed by atoms with Crippen LogP contribution in [-0.4, -0.2) is 22.1 Å². The zero-order valence-electron chi connectivity index (χ0n) is 17.1. The lowest BCUT2D eigenvalue weighted by atomic mass is 10.0. The van der Waals surface area contributed by atoms with Crippen molar-refractivity contribution in [3.8, 4) is 16.9 Å². The fraction of sp³-hybridized carbons (Fsp3) is 0.261. The van der Waals surface area contributed by atoms with Gasteiger partial charge in [0.05, 0.1) is 18.6 Å². The van der Waals surface area contributed by atoms with Crippen molar-refractivity contribution in [2.45, 2.75) is 26.7 Å². The molecule has 1 aliphatic carbocycles. The first-order chi connectivity index (χ1) is 14.5. The van der Waals surface area contributed by atoms with Gasteiger partial charge in [-0.2, -0.15) is 0 Å². The first-order valence-electron chi connectivity index (χ1n) is 9.71. The fourth-order valence-electron chi connectivity index (χ4n) is 3.66. The lowest BCUT2D eigenvalue weighted by Crippen LogP contribution is -2.12. The molecule has 0 amide bonds. The average molecular weight is 459 g/mol. The molecule has 2 aromatic heterocycles. The molecule has 0 aliphatic heterocycles. The molecule has 0 spiro atoms. The summed E-state index contributed by atoms with van der Waals surface area (Å²) >= 11 is 7.94. The molecule has 1 atom stereocenters. The molecule has 30 heavy (non-hydrogen) atoms. The van der Waals surface area contributed by atoms with E-state index < -0.39 is 11.0 Å². The van der Waals surface area contributed by atoms with E-state index in [4.69, 9.17) is 21.3 Å². The number of anilines is 1.